The van der Waals surface area contributed by atoms with Crippen LogP contribution in [-0.4, -0.2) is 36.4 Å². The van der Waals surface area contributed by atoms with Gasteiger partial charge in [0.1, 0.15) is 11.3 Å². The molecule has 1 fully saturated rings. The summed E-state index contributed by atoms with van der Waals surface area (Å²) < 4.78 is 5.01. The number of nitrogens with one attached hydrogen (secondary N) is 1. The molecule has 0 unspecified atom stereocenters. The van der Waals surface area contributed by atoms with Crippen LogP contribution in [0.3, 0.4) is 0 Å². The number of phenols is 1. The zero-order valence-corrected chi connectivity index (χ0v) is 10.5. The minimum Gasteiger partial charge on any atom is -0.506 e. The molecule has 1 aromatic carbocycles. The number of aromatic nitrogens is 1. The summed E-state index contributed by atoms with van der Waals surface area (Å²) in [5.41, 5.74) is 1.60. The molecular formula is C14H18N2O2. The number of aryl methyl sites for hydroxylation is 1. The van der Waals surface area contributed by atoms with Crippen molar-refractivity contribution in [3.8, 4) is 5.75 Å². The molecule has 0 atom stereocenters. The second-order valence-corrected chi connectivity index (χ2v) is 4.16. The second kappa shape index (κ2) is 6.33. The van der Waals surface area contributed by atoms with Gasteiger partial charge in [-0.05, 0) is 19.1 Å². The number of ether oxygens (including phenoxy) is 1. The number of pyridine rings is 1. The molecule has 1 saturated heterocycles. The highest BCUT2D eigenvalue weighted by Gasteiger charge is 1.98. The fourth-order valence-electron chi connectivity index (χ4n) is 1.74. The molecule has 1 aliphatic rings. The molecular weight excluding hydrogens is 228 g/mol. The Bertz CT molecular complexity index is 499. The number of benzene rings is 1. The molecule has 0 spiro atoms. The van der Waals surface area contributed by atoms with E-state index in [1.54, 1.807) is 6.07 Å². The Labute approximate surface area is 107 Å². The Hall–Kier alpha value is -1.65. The summed E-state index contributed by atoms with van der Waals surface area (Å²) in [6.07, 6.45) is 0. The summed E-state index contributed by atoms with van der Waals surface area (Å²) in [5, 5.41) is 13.6. The highest BCUT2D eigenvalue weighted by atomic mass is 16.5. The predicted octanol–water partition coefficient (Wildman–Crippen LogP) is 1.86. The summed E-state index contributed by atoms with van der Waals surface area (Å²) in [6, 6.07) is 9.28. The van der Waals surface area contributed by atoms with Gasteiger partial charge in [0.15, 0.2) is 0 Å². The minimum atomic E-state index is 0.246. The van der Waals surface area contributed by atoms with E-state index in [9.17, 15) is 5.11 Å². The van der Waals surface area contributed by atoms with Gasteiger partial charge in [0.25, 0.3) is 0 Å². The van der Waals surface area contributed by atoms with Gasteiger partial charge in [0.05, 0.1) is 13.2 Å². The Morgan fingerprint density at radius 3 is 2.56 bits per heavy atom. The number of para-hydroxylation sites is 1. The van der Waals surface area contributed by atoms with E-state index in [0.29, 0.717) is 5.52 Å². The molecule has 0 bridgehead atoms. The average molecular weight is 246 g/mol. The molecule has 0 aliphatic carbocycles. The van der Waals surface area contributed by atoms with Crippen LogP contribution in [0.25, 0.3) is 10.9 Å². The zero-order valence-electron chi connectivity index (χ0n) is 10.5. The van der Waals surface area contributed by atoms with Crippen LogP contribution in [0.5, 0.6) is 5.75 Å². The van der Waals surface area contributed by atoms with Gasteiger partial charge in [-0.3, -0.25) is 0 Å². The van der Waals surface area contributed by atoms with Gasteiger partial charge in [-0.15, -0.1) is 0 Å². The summed E-state index contributed by atoms with van der Waals surface area (Å²) in [7, 11) is 0. The maximum atomic E-state index is 9.43. The normalized spacial score (nSPS) is 14.9. The van der Waals surface area contributed by atoms with Gasteiger partial charge < -0.3 is 15.2 Å². The fourth-order valence-corrected chi connectivity index (χ4v) is 1.74. The van der Waals surface area contributed by atoms with Crippen LogP contribution >= 0.6 is 0 Å². The third-order valence-corrected chi connectivity index (χ3v) is 2.68. The molecule has 4 heteroatoms. The first-order valence-corrected chi connectivity index (χ1v) is 6.11. The Kier molecular flexibility index (Phi) is 4.50. The van der Waals surface area contributed by atoms with E-state index >= 15 is 0 Å². The van der Waals surface area contributed by atoms with Gasteiger partial charge in [0.2, 0.25) is 0 Å². The Balaban J connectivity index is 0.000000169. The molecule has 1 aromatic heterocycles. The molecule has 0 amide bonds. The Morgan fingerprint density at radius 2 is 1.94 bits per heavy atom. The van der Waals surface area contributed by atoms with Crippen molar-refractivity contribution in [1.82, 2.24) is 10.3 Å². The molecule has 2 N–H and O–H groups in total. The molecule has 0 radical (unpaired) electrons. The first kappa shape index (κ1) is 12.8. The van der Waals surface area contributed by atoms with Crippen molar-refractivity contribution in [2.45, 2.75) is 6.92 Å². The third kappa shape index (κ3) is 3.42. The minimum absolute atomic E-state index is 0.246. The largest absolute Gasteiger partial charge is 0.506 e. The molecule has 4 nitrogen and oxygen atoms in total. The molecule has 3 rings (SSSR count). The lowest BCUT2D eigenvalue weighted by molar-refractivity contribution is 0.109. The van der Waals surface area contributed by atoms with Crippen LogP contribution in [0, 0.1) is 6.92 Å². The number of morpholine rings is 1. The lowest BCUT2D eigenvalue weighted by Crippen LogP contribution is -2.30. The van der Waals surface area contributed by atoms with Gasteiger partial charge in [-0.25, -0.2) is 4.98 Å². The molecule has 2 heterocycles. The van der Waals surface area contributed by atoms with Crippen LogP contribution in [-0.2, 0) is 4.74 Å². The van der Waals surface area contributed by atoms with Crippen molar-refractivity contribution in [2.75, 3.05) is 26.3 Å². The van der Waals surface area contributed by atoms with Gasteiger partial charge in [-0.1, -0.05) is 18.2 Å². The first-order valence-electron chi connectivity index (χ1n) is 6.11. The summed E-state index contributed by atoms with van der Waals surface area (Å²) >= 11 is 0. The second-order valence-electron chi connectivity index (χ2n) is 4.16. The monoisotopic (exact) mass is 246 g/mol. The molecule has 96 valence electrons. The van der Waals surface area contributed by atoms with Crippen molar-refractivity contribution < 1.29 is 9.84 Å². The maximum absolute atomic E-state index is 9.43. The molecule has 1 aliphatic heterocycles. The smallest absolute Gasteiger partial charge is 0.141 e. The van der Waals surface area contributed by atoms with Crippen LogP contribution in [0.1, 0.15) is 5.69 Å². The zero-order chi connectivity index (χ0) is 12.8. The number of nitrogens with zero attached hydrogens (tertiary/aromatic N) is 1. The van der Waals surface area contributed by atoms with E-state index in [4.69, 9.17) is 4.74 Å². The lowest BCUT2D eigenvalue weighted by atomic mass is 10.2. The quantitative estimate of drug-likeness (QED) is 0.745. The van der Waals surface area contributed by atoms with Crippen LogP contribution < -0.4 is 5.32 Å². The predicted molar refractivity (Wildman–Crippen MR) is 71.8 cm³/mol. The molecule has 2 aromatic rings. The topological polar surface area (TPSA) is 54.4 Å². The van der Waals surface area contributed by atoms with Crippen molar-refractivity contribution in [1.29, 1.82) is 0 Å². The van der Waals surface area contributed by atoms with E-state index < -0.39 is 0 Å². The van der Waals surface area contributed by atoms with Crippen LogP contribution in [0.2, 0.25) is 0 Å². The van der Waals surface area contributed by atoms with E-state index in [2.05, 4.69) is 10.3 Å². The number of hydrogen-bond acceptors (Lipinski definition) is 4. The Morgan fingerprint density at radius 1 is 1.17 bits per heavy atom. The van der Waals surface area contributed by atoms with E-state index in [-0.39, 0.29) is 5.75 Å². The summed E-state index contributed by atoms with van der Waals surface area (Å²) in [4.78, 5) is 4.23. The van der Waals surface area contributed by atoms with E-state index in [0.717, 1.165) is 37.4 Å². The summed E-state index contributed by atoms with van der Waals surface area (Å²) in [6.45, 7) is 5.74. The number of phenolic OH excluding ortho intramolecular Hbond substituents is 1. The maximum Gasteiger partial charge on any atom is 0.141 e. The van der Waals surface area contributed by atoms with Crippen molar-refractivity contribution >= 4 is 10.9 Å². The van der Waals surface area contributed by atoms with Gasteiger partial charge in [0, 0.05) is 24.2 Å². The highest BCUT2D eigenvalue weighted by Crippen LogP contribution is 2.21. The van der Waals surface area contributed by atoms with Gasteiger partial charge >= 0.3 is 0 Å². The average Bonchev–Trinajstić information content (AvgIpc) is 2.43. The van der Waals surface area contributed by atoms with Crippen molar-refractivity contribution in [3.63, 3.8) is 0 Å². The van der Waals surface area contributed by atoms with Crippen molar-refractivity contribution in [2.24, 2.45) is 0 Å². The standard InChI is InChI=1S/C10H9NO.C4H9NO/c1-7-5-6-8-3-2-4-9(12)10(8)11-7;1-3-6-4-2-5-1/h2-6,12H,1H3;5H,1-4H2. The highest BCUT2D eigenvalue weighted by molar-refractivity contribution is 5.84. The molecule has 18 heavy (non-hydrogen) atoms. The molecule has 0 saturated carbocycles. The lowest BCUT2D eigenvalue weighted by Gasteiger charge is -2.10. The first-order chi connectivity index (χ1) is 8.77. The van der Waals surface area contributed by atoms with E-state index in [1.807, 2.05) is 31.2 Å². The number of rotatable bonds is 0. The van der Waals surface area contributed by atoms with Crippen LogP contribution in [0.4, 0.5) is 0 Å². The number of hydrogen-bond donors (Lipinski definition) is 2. The third-order valence-electron chi connectivity index (χ3n) is 2.68. The van der Waals surface area contributed by atoms with Gasteiger partial charge in [-0.2, -0.15) is 0 Å². The number of fused-ring (bicyclic) bond motifs is 1. The summed E-state index contributed by atoms with van der Waals surface area (Å²) in [5.74, 6) is 0.246. The van der Waals surface area contributed by atoms with E-state index in [1.165, 1.54) is 0 Å². The van der Waals surface area contributed by atoms with Crippen LogP contribution in [0.15, 0.2) is 30.3 Å². The SMILES string of the molecule is C1COCCN1.Cc1ccc2cccc(O)c2n1. The number of aromatic hydroxyl groups is 1. The van der Waals surface area contributed by atoms with Crippen molar-refractivity contribution in [3.05, 3.63) is 36.0 Å². The fraction of sp³-hybridized carbons (Fsp3) is 0.357.